The van der Waals surface area contributed by atoms with E-state index < -0.39 is 0 Å². The first-order chi connectivity index (χ1) is 7.94. The average Bonchev–Trinajstić information content (AvgIpc) is 2.52. The largest absolute Gasteiger partial charge is 0.395 e. The molecule has 1 aromatic carbocycles. The zero-order valence-corrected chi connectivity index (χ0v) is 11.5. The lowest BCUT2D eigenvalue weighted by Crippen LogP contribution is -2.52. The topological polar surface area (TPSA) is 23.5 Å². The van der Waals surface area contributed by atoms with Crippen molar-refractivity contribution in [2.24, 2.45) is 0 Å². The second-order valence-electron chi connectivity index (χ2n) is 5.48. The summed E-state index contributed by atoms with van der Waals surface area (Å²) in [6, 6.07) is 7.90. The van der Waals surface area contributed by atoms with Crippen LogP contribution >= 0.6 is 11.6 Å². The van der Waals surface area contributed by atoms with Crippen LogP contribution in [0.1, 0.15) is 25.8 Å². The summed E-state index contributed by atoms with van der Waals surface area (Å²) in [4.78, 5) is 2.31. The molecule has 1 aromatic rings. The Balaban J connectivity index is 2.52. The maximum Gasteiger partial charge on any atom is 0.0546 e. The van der Waals surface area contributed by atoms with Gasteiger partial charge in [0, 0.05) is 16.0 Å². The molecule has 0 bridgehead atoms. The van der Waals surface area contributed by atoms with Gasteiger partial charge in [-0.15, -0.1) is 0 Å². The summed E-state index contributed by atoms with van der Waals surface area (Å²) in [7, 11) is 2.11. The molecule has 3 heteroatoms. The molecule has 0 radical (unpaired) electrons. The standard InChI is InChI=1S/C14H20ClNO/c1-13(2)14(10-17,7-8-16(13)3)11-5-4-6-12(15)9-11/h4-6,9,17H,7-8,10H2,1-3H3. The summed E-state index contributed by atoms with van der Waals surface area (Å²) in [6.07, 6.45) is 0.966. The van der Waals surface area contributed by atoms with E-state index in [9.17, 15) is 5.11 Å². The van der Waals surface area contributed by atoms with Gasteiger partial charge in [0.2, 0.25) is 0 Å². The normalized spacial score (nSPS) is 28.5. The lowest BCUT2D eigenvalue weighted by atomic mass is 9.68. The van der Waals surface area contributed by atoms with Crippen LogP contribution in [0, 0.1) is 0 Å². The summed E-state index contributed by atoms with van der Waals surface area (Å²) in [5, 5.41) is 10.7. The fourth-order valence-corrected chi connectivity index (χ4v) is 3.15. The highest BCUT2D eigenvalue weighted by Crippen LogP contribution is 2.46. The number of likely N-dealkylation sites (tertiary alicyclic amines) is 1. The first kappa shape index (κ1) is 12.9. The van der Waals surface area contributed by atoms with Crippen molar-refractivity contribution in [3.8, 4) is 0 Å². The van der Waals surface area contributed by atoms with Gasteiger partial charge >= 0.3 is 0 Å². The second kappa shape index (κ2) is 4.27. The number of aliphatic hydroxyl groups excluding tert-OH is 1. The summed E-state index contributed by atoms with van der Waals surface area (Å²) < 4.78 is 0. The number of nitrogens with zero attached hydrogens (tertiary/aromatic N) is 1. The van der Waals surface area contributed by atoms with Crippen LogP contribution in [0.3, 0.4) is 0 Å². The summed E-state index contributed by atoms with van der Waals surface area (Å²) in [6.45, 7) is 5.54. The Morgan fingerprint density at radius 1 is 1.41 bits per heavy atom. The van der Waals surface area contributed by atoms with Crippen molar-refractivity contribution >= 4 is 11.6 Å². The van der Waals surface area contributed by atoms with Crippen LogP contribution in [-0.2, 0) is 5.41 Å². The predicted molar refractivity (Wildman–Crippen MR) is 71.5 cm³/mol. The second-order valence-corrected chi connectivity index (χ2v) is 5.92. The minimum Gasteiger partial charge on any atom is -0.395 e. The van der Waals surface area contributed by atoms with Gasteiger partial charge in [0.15, 0.2) is 0 Å². The molecule has 1 saturated heterocycles. The highest BCUT2D eigenvalue weighted by molar-refractivity contribution is 6.30. The third kappa shape index (κ3) is 1.79. The zero-order chi connectivity index (χ0) is 12.7. The molecule has 1 heterocycles. The van der Waals surface area contributed by atoms with E-state index in [0.29, 0.717) is 0 Å². The van der Waals surface area contributed by atoms with E-state index in [0.717, 1.165) is 23.6 Å². The number of rotatable bonds is 2. The first-order valence-corrected chi connectivity index (χ1v) is 6.40. The van der Waals surface area contributed by atoms with Crippen LogP contribution in [-0.4, -0.2) is 35.7 Å². The Morgan fingerprint density at radius 2 is 2.12 bits per heavy atom. The molecule has 17 heavy (non-hydrogen) atoms. The molecule has 1 unspecified atom stereocenters. The minimum atomic E-state index is -0.216. The summed E-state index contributed by atoms with van der Waals surface area (Å²) in [5.74, 6) is 0. The van der Waals surface area contributed by atoms with Gasteiger partial charge < -0.3 is 10.0 Å². The van der Waals surface area contributed by atoms with Crippen LogP contribution in [0.4, 0.5) is 0 Å². The monoisotopic (exact) mass is 253 g/mol. The van der Waals surface area contributed by atoms with Crippen molar-refractivity contribution in [3.63, 3.8) is 0 Å². The molecule has 1 aliphatic rings. The highest BCUT2D eigenvalue weighted by atomic mass is 35.5. The summed E-state index contributed by atoms with van der Waals surface area (Å²) in [5.41, 5.74) is 0.862. The van der Waals surface area contributed by atoms with Crippen molar-refractivity contribution in [2.75, 3.05) is 20.2 Å². The maximum atomic E-state index is 9.94. The molecule has 1 N–H and O–H groups in total. The third-order valence-electron chi connectivity index (χ3n) is 4.65. The van der Waals surface area contributed by atoms with Gasteiger partial charge in [-0.1, -0.05) is 23.7 Å². The van der Waals surface area contributed by atoms with Gasteiger partial charge in [-0.3, -0.25) is 0 Å². The van der Waals surface area contributed by atoms with E-state index in [1.165, 1.54) is 0 Å². The number of hydrogen-bond donors (Lipinski definition) is 1. The molecule has 1 fully saturated rings. The number of aliphatic hydroxyl groups is 1. The zero-order valence-electron chi connectivity index (χ0n) is 10.7. The number of halogens is 1. The van der Waals surface area contributed by atoms with Gasteiger partial charge in [-0.05, 0) is 51.6 Å². The van der Waals surface area contributed by atoms with Crippen LogP contribution in [0.25, 0.3) is 0 Å². The fraction of sp³-hybridized carbons (Fsp3) is 0.571. The predicted octanol–water partition coefficient (Wildman–Crippen LogP) is 2.68. The average molecular weight is 254 g/mol. The quantitative estimate of drug-likeness (QED) is 0.876. The number of benzene rings is 1. The van der Waals surface area contributed by atoms with Gasteiger partial charge in [-0.2, -0.15) is 0 Å². The Bertz CT molecular complexity index is 418. The molecule has 2 rings (SSSR count). The van der Waals surface area contributed by atoms with Crippen LogP contribution in [0.15, 0.2) is 24.3 Å². The van der Waals surface area contributed by atoms with E-state index in [-0.39, 0.29) is 17.6 Å². The Morgan fingerprint density at radius 3 is 2.59 bits per heavy atom. The van der Waals surface area contributed by atoms with Crippen molar-refractivity contribution < 1.29 is 5.11 Å². The molecule has 0 aromatic heterocycles. The van der Waals surface area contributed by atoms with Crippen molar-refractivity contribution in [1.82, 2.24) is 4.90 Å². The van der Waals surface area contributed by atoms with Crippen LogP contribution < -0.4 is 0 Å². The molecule has 0 aliphatic carbocycles. The molecule has 0 amide bonds. The smallest absolute Gasteiger partial charge is 0.0546 e. The molecule has 2 nitrogen and oxygen atoms in total. The Labute approximate surface area is 108 Å². The number of hydrogen-bond acceptors (Lipinski definition) is 2. The van der Waals surface area contributed by atoms with E-state index >= 15 is 0 Å². The Kier molecular flexibility index (Phi) is 3.23. The molecule has 1 aliphatic heterocycles. The van der Waals surface area contributed by atoms with Crippen molar-refractivity contribution in [3.05, 3.63) is 34.9 Å². The third-order valence-corrected chi connectivity index (χ3v) is 4.88. The Hall–Kier alpha value is -0.570. The molecule has 0 spiro atoms. The lowest BCUT2D eigenvalue weighted by Gasteiger charge is -2.43. The van der Waals surface area contributed by atoms with Crippen LogP contribution in [0.2, 0.25) is 5.02 Å². The van der Waals surface area contributed by atoms with Gasteiger partial charge in [-0.25, -0.2) is 0 Å². The first-order valence-electron chi connectivity index (χ1n) is 6.02. The fourth-order valence-electron chi connectivity index (χ4n) is 2.96. The van der Waals surface area contributed by atoms with Crippen molar-refractivity contribution in [1.29, 1.82) is 0 Å². The molecule has 1 atom stereocenters. The lowest BCUT2D eigenvalue weighted by molar-refractivity contribution is 0.0877. The minimum absolute atomic E-state index is 0.0631. The highest BCUT2D eigenvalue weighted by Gasteiger charge is 2.52. The number of likely N-dealkylation sites (N-methyl/N-ethyl adjacent to an activating group) is 1. The van der Waals surface area contributed by atoms with E-state index in [1.54, 1.807) is 0 Å². The van der Waals surface area contributed by atoms with E-state index in [1.807, 2.05) is 18.2 Å². The van der Waals surface area contributed by atoms with Gasteiger partial charge in [0.1, 0.15) is 0 Å². The van der Waals surface area contributed by atoms with E-state index in [2.05, 4.69) is 31.9 Å². The molecular weight excluding hydrogens is 234 g/mol. The summed E-state index contributed by atoms with van der Waals surface area (Å²) >= 11 is 6.08. The SMILES string of the molecule is CN1CCC(CO)(c2cccc(Cl)c2)C1(C)C. The molecular formula is C14H20ClNO. The van der Waals surface area contributed by atoms with E-state index in [4.69, 9.17) is 11.6 Å². The van der Waals surface area contributed by atoms with Crippen molar-refractivity contribution in [2.45, 2.75) is 31.2 Å². The maximum absolute atomic E-state index is 9.94. The molecule has 94 valence electrons. The molecule has 0 saturated carbocycles. The van der Waals surface area contributed by atoms with Gasteiger partial charge in [0.25, 0.3) is 0 Å². The van der Waals surface area contributed by atoms with Crippen LogP contribution in [0.5, 0.6) is 0 Å². The van der Waals surface area contributed by atoms with Gasteiger partial charge in [0.05, 0.1) is 6.61 Å².